The molecule has 0 heterocycles. The third-order valence-corrected chi connectivity index (χ3v) is 3.42. The van der Waals surface area contributed by atoms with Crippen LogP contribution in [0, 0.1) is 0 Å². The minimum Gasteiger partial charge on any atom is -0.298 e. The average Bonchev–Trinajstić information content (AvgIpc) is 2.28. The van der Waals surface area contributed by atoms with Gasteiger partial charge in [-0.25, -0.2) is 8.78 Å². The molecular formula is C11H10Br2F2O. The van der Waals surface area contributed by atoms with E-state index in [-0.39, 0.29) is 23.1 Å². The highest BCUT2D eigenvalue weighted by molar-refractivity contribution is 9.09. The Labute approximate surface area is 109 Å². The zero-order chi connectivity index (χ0) is 12.1. The number of ketones is 1. The maximum Gasteiger partial charge on any atom is 0.264 e. The topological polar surface area (TPSA) is 17.1 Å². The van der Waals surface area contributed by atoms with Gasteiger partial charge >= 0.3 is 0 Å². The molecule has 0 fully saturated rings. The quantitative estimate of drug-likeness (QED) is 0.729. The molecule has 0 aliphatic heterocycles. The highest BCUT2D eigenvalue weighted by atomic mass is 79.9. The van der Waals surface area contributed by atoms with Crippen LogP contribution in [-0.2, 0) is 16.5 Å². The van der Waals surface area contributed by atoms with Gasteiger partial charge in [0.25, 0.3) is 6.43 Å². The molecule has 0 bridgehead atoms. The number of carbonyl (C=O) groups is 1. The van der Waals surface area contributed by atoms with Crippen LogP contribution in [0.15, 0.2) is 18.2 Å². The fourth-order valence-electron chi connectivity index (χ4n) is 1.48. The van der Waals surface area contributed by atoms with Gasteiger partial charge in [0, 0.05) is 17.3 Å². The zero-order valence-corrected chi connectivity index (χ0v) is 11.5. The van der Waals surface area contributed by atoms with E-state index in [4.69, 9.17) is 0 Å². The Morgan fingerprint density at radius 1 is 1.25 bits per heavy atom. The number of halogens is 4. The second kappa shape index (κ2) is 6.45. The molecule has 0 aliphatic carbocycles. The molecule has 0 aromatic heterocycles. The lowest BCUT2D eigenvalue weighted by molar-refractivity contribution is -0.115. The maximum absolute atomic E-state index is 12.9. The summed E-state index contributed by atoms with van der Waals surface area (Å²) in [5, 5.41) is 0.553. The molecule has 5 heteroatoms. The summed E-state index contributed by atoms with van der Waals surface area (Å²) >= 11 is 6.19. The van der Waals surface area contributed by atoms with Crippen molar-refractivity contribution >= 4 is 37.6 Å². The summed E-state index contributed by atoms with van der Waals surface area (Å²) in [6.07, 6.45) is -2.50. The van der Waals surface area contributed by atoms with Gasteiger partial charge in [-0.1, -0.05) is 50.1 Å². The van der Waals surface area contributed by atoms with Crippen LogP contribution in [0.5, 0.6) is 0 Å². The minimum absolute atomic E-state index is 0.0197. The molecule has 0 N–H and O–H groups in total. The van der Waals surface area contributed by atoms with Crippen molar-refractivity contribution in [3.05, 3.63) is 34.9 Å². The number of carbonyl (C=O) groups excluding carboxylic acids is 1. The molecule has 0 radical (unpaired) electrons. The van der Waals surface area contributed by atoms with E-state index in [1.54, 1.807) is 18.2 Å². The monoisotopic (exact) mass is 354 g/mol. The number of hydrogen-bond acceptors (Lipinski definition) is 1. The smallest absolute Gasteiger partial charge is 0.264 e. The van der Waals surface area contributed by atoms with E-state index in [0.29, 0.717) is 16.5 Å². The van der Waals surface area contributed by atoms with Crippen LogP contribution in [0.2, 0.25) is 0 Å². The van der Waals surface area contributed by atoms with Gasteiger partial charge in [0.2, 0.25) is 0 Å². The first-order chi connectivity index (χ1) is 7.60. The van der Waals surface area contributed by atoms with E-state index in [1.807, 2.05) is 0 Å². The van der Waals surface area contributed by atoms with E-state index in [9.17, 15) is 13.6 Å². The van der Waals surface area contributed by atoms with E-state index >= 15 is 0 Å². The fraction of sp³-hybridized carbons (Fsp3) is 0.364. The Morgan fingerprint density at radius 2 is 1.88 bits per heavy atom. The molecule has 0 saturated carbocycles. The summed E-state index contributed by atoms with van der Waals surface area (Å²) < 4.78 is 25.8. The van der Waals surface area contributed by atoms with Crippen LogP contribution >= 0.6 is 31.9 Å². The Hall–Kier alpha value is -0.290. The molecule has 0 saturated heterocycles. The molecule has 16 heavy (non-hydrogen) atoms. The van der Waals surface area contributed by atoms with Crippen molar-refractivity contribution in [1.82, 2.24) is 0 Å². The maximum atomic E-state index is 12.9. The van der Waals surface area contributed by atoms with E-state index in [1.165, 1.54) is 0 Å². The lowest BCUT2D eigenvalue weighted by Gasteiger charge is -2.11. The zero-order valence-electron chi connectivity index (χ0n) is 8.35. The number of rotatable bonds is 5. The van der Waals surface area contributed by atoms with E-state index < -0.39 is 6.43 Å². The predicted molar refractivity (Wildman–Crippen MR) is 66.5 cm³/mol. The molecule has 1 rings (SSSR count). The molecule has 0 spiro atoms. The molecule has 0 aliphatic rings. The van der Waals surface area contributed by atoms with Crippen molar-refractivity contribution in [3.63, 3.8) is 0 Å². The first-order valence-electron chi connectivity index (χ1n) is 4.62. The summed E-state index contributed by atoms with van der Waals surface area (Å²) in [6, 6.07) is 4.91. The van der Waals surface area contributed by atoms with E-state index in [0.717, 1.165) is 0 Å². The van der Waals surface area contributed by atoms with Crippen LogP contribution in [0.4, 0.5) is 8.78 Å². The van der Waals surface area contributed by atoms with Gasteiger partial charge in [0.15, 0.2) is 0 Å². The second-order valence-corrected chi connectivity index (χ2v) is 4.39. The van der Waals surface area contributed by atoms with Crippen LogP contribution in [0.1, 0.15) is 23.1 Å². The van der Waals surface area contributed by atoms with Gasteiger partial charge < -0.3 is 0 Å². The second-order valence-electron chi connectivity index (χ2n) is 3.27. The normalized spacial score (nSPS) is 10.8. The largest absolute Gasteiger partial charge is 0.298 e. The van der Waals surface area contributed by atoms with Crippen LogP contribution in [0.3, 0.4) is 0 Å². The fourth-order valence-corrected chi connectivity index (χ4v) is 2.16. The summed E-state index contributed by atoms with van der Waals surface area (Å²) in [6.45, 7) is 0. The van der Waals surface area contributed by atoms with E-state index in [2.05, 4.69) is 31.9 Å². The predicted octanol–water partition coefficient (Wildman–Crippen LogP) is 4.03. The minimum atomic E-state index is -2.55. The first-order valence-corrected chi connectivity index (χ1v) is 6.86. The molecule has 0 unspecified atom stereocenters. The highest BCUT2D eigenvalue weighted by Gasteiger charge is 2.18. The van der Waals surface area contributed by atoms with Gasteiger partial charge in [-0.2, -0.15) is 0 Å². The number of hydrogen-bond donors (Lipinski definition) is 0. The number of benzene rings is 1. The van der Waals surface area contributed by atoms with Gasteiger partial charge in [-0.3, -0.25) is 4.79 Å². The Bertz CT molecular complexity index is 380. The lowest BCUT2D eigenvalue weighted by atomic mass is 9.98. The van der Waals surface area contributed by atoms with Crippen molar-refractivity contribution < 1.29 is 13.6 Å². The van der Waals surface area contributed by atoms with Gasteiger partial charge in [0.1, 0.15) is 5.78 Å². The van der Waals surface area contributed by atoms with Crippen molar-refractivity contribution in [1.29, 1.82) is 0 Å². The van der Waals surface area contributed by atoms with Crippen LogP contribution < -0.4 is 0 Å². The molecule has 1 aromatic carbocycles. The summed E-state index contributed by atoms with van der Waals surface area (Å²) in [4.78, 5) is 11.3. The van der Waals surface area contributed by atoms with Crippen molar-refractivity contribution in [2.45, 2.75) is 18.2 Å². The number of alkyl halides is 4. The van der Waals surface area contributed by atoms with Crippen molar-refractivity contribution in [3.8, 4) is 0 Å². The molecule has 1 aromatic rings. The Kier molecular flexibility index (Phi) is 5.55. The SMILES string of the molecule is O=C(CBr)Cc1cccc(CBr)c1C(F)F. The standard InChI is InChI=1S/C11H10Br2F2O/c12-5-8-3-1-2-7(4-9(16)6-13)10(8)11(14)15/h1-3,11H,4-6H2. The summed E-state index contributed by atoms with van der Waals surface area (Å²) in [5.41, 5.74) is 0.931. The molecule has 0 atom stereocenters. The third-order valence-electron chi connectivity index (χ3n) is 2.19. The number of Topliss-reactive ketones (excluding diaryl/α,β-unsaturated/α-hetero) is 1. The molecule has 88 valence electrons. The molecular weight excluding hydrogens is 346 g/mol. The summed E-state index contributed by atoms with van der Waals surface area (Å²) in [7, 11) is 0. The Balaban J connectivity index is 3.11. The van der Waals surface area contributed by atoms with Gasteiger partial charge in [0.05, 0.1) is 5.33 Å². The van der Waals surface area contributed by atoms with Crippen molar-refractivity contribution in [2.75, 3.05) is 5.33 Å². The van der Waals surface area contributed by atoms with Gasteiger partial charge in [-0.15, -0.1) is 0 Å². The Morgan fingerprint density at radius 3 is 2.38 bits per heavy atom. The average molecular weight is 356 g/mol. The lowest BCUT2D eigenvalue weighted by Crippen LogP contribution is -2.08. The van der Waals surface area contributed by atoms with Gasteiger partial charge in [-0.05, 0) is 11.1 Å². The summed E-state index contributed by atoms with van der Waals surface area (Å²) in [5.74, 6) is -0.103. The molecule has 1 nitrogen and oxygen atoms in total. The van der Waals surface area contributed by atoms with Crippen LogP contribution in [-0.4, -0.2) is 11.1 Å². The van der Waals surface area contributed by atoms with Crippen LogP contribution in [0.25, 0.3) is 0 Å². The first kappa shape index (κ1) is 13.8. The van der Waals surface area contributed by atoms with Crippen molar-refractivity contribution in [2.24, 2.45) is 0 Å². The molecule has 0 amide bonds. The highest BCUT2D eigenvalue weighted by Crippen LogP contribution is 2.28. The third kappa shape index (κ3) is 3.35.